The molecule has 4 rings (SSSR count). The van der Waals surface area contributed by atoms with Crippen molar-refractivity contribution in [1.29, 1.82) is 0 Å². The number of hydrogen-bond donors (Lipinski definition) is 2. The molecule has 1 aliphatic heterocycles. The van der Waals surface area contributed by atoms with E-state index in [1.54, 1.807) is 16.8 Å². The first kappa shape index (κ1) is 18.2. The van der Waals surface area contributed by atoms with Crippen molar-refractivity contribution in [3.63, 3.8) is 0 Å². The highest BCUT2D eigenvalue weighted by Crippen LogP contribution is 2.20. The molecular weight excluding hydrogens is 361 g/mol. The van der Waals surface area contributed by atoms with E-state index in [0.29, 0.717) is 11.2 Å². The van der Waals surface area contributed by atoms with Gasteiger partial charge in [0.2, 0.25) is 0 Å². The predicted octanol–water partition coefficient (Wildman–Crippen LogP) is 1.94. The van der Waals surface area contributed by atoms with E-state index in [9.17, 15) is 9.18 Å². The zero-order valence-electron chi connectivity index (χ0n) is 15.6. The van der Waals surface area contributed by atoms with Crippen molar-refractivity contribution in [2.24, 2.45) is 0 Å². The summed E-state index contributed by atoms with van der Waals surface area (Å²) in [6, 6.07) is 9.91. The fourth-order valence-electron chi connectivity index (χ4n) is 3.20. The first-order valence-electron chi connectivity index (χ1n) is 9.16. The SMILES string of the molecule is CN1CCN(c2cc(F)cc(CNC(=O)Nc3nc4ccccn4n3)c2)CC1. The van der Waals surface area contributed by atoms with Gasteiger partial charge in [-0.3, -0.25) is 5.32 Å². The van der Waals surface area contributed by atoms with E-state index in [2.05, 4.69) is 37.6 Å². The Balaban J connectivity index is 1.38. The second-order valence-electron chi connectivity index (χ2n) is 6.85. The predicted molar refractivity (Wildman–Crippen MR) is 105 cm³/mol. The molecule has 1 saturated heterocycles. The van der Waals surface area contributed by atoms with Crippen molar-refractivity contribution in [3.05, 3.63) is 54.0 Å². The molecule has 9 heteroatoms. The molecule has 28 heavy (non-hydrogen) atoms. The number of likely N-dealkylation sites (N-methyl/N-ethyl adjacent to an activating group) is 1. The summed E-state index contributed by atoms with van der Waals surface area (Å²) in [7, 11) is 2.08. The maximum atomic E-state index is 14.1. The third-order valence-corrected chi connectivity index (χ3v) is 4.73. The van der Waals surface area contributed by atoms with Crippen molar-refractivity contribution < 1.29 is 9.18 Å². The number of nitrogens with one attached hydrogen (secondary N) is 2. The topological polar surface area (TPSA) is 77.8 Å². The normalized spacial score (nSPS) is 15.0. The van der Waals surface area contributed by atoms with Crippen LogP contribution in [0.25, 0.3) is 5.65 Å². The molecule has 0 aliphatic carbocycles. The Bertz CT molecular complexity index is 948. The van der Waals surface area contributed by atoms with Gasteiger partial charge >= 0.3 is 6.03 Å². The van der Waals surface area contributed by atoms with E-state index in [-0.39, 0.29) is 18.3 Å². The Labute approximate surface area is 162 Å². The molecule has 2 amide bonds. The van der Waals surface area contributed by atoms with Crippen molar-refractivity contribution in [2.75, 3.05) is 43.4 Å². The van der Waals surface area contributed by atoms with Crippen LogP contribution in [0.1, 0.15) is 5.56 Å². The van der Waals surface area contributed by atoms with Crippen molar-refractivity contribution in [3.8, 4) is 0 Å². The lowest BCUT2D eigenvalue weighted by molar-refractivity contribution is 0.251. The number of halogens is 1. The van der Waals surface area contributed by atoms with Crippen LogP contribution in [0, 0.1) is 5.82 Å². The Kier molecular flexibility index (Phi) is 5.07. The number of benzene rings is 1. The van der Waals surface area contributed by atoms with E-state index in [1.165, 1.54) is 12.1 Å². The molecule has 0 bridgehead atoms. The molecule has 0 atom stereocenters. The van der Waals surface area contributed by atoms with Crippen molar-refractivity contribution >= 4 is 23.3 Å². The average Bonchev–Trinajstić information content (AvgIpc) is 3.09. The molecule has 146 valence electrons. The van der Waals surface area contributed by atoms with Crippen LogP contribution in [-0.2, 0) is 6.54 Å². The van der Waals surface area contributed by atoms with Gasteiger partial charge in [-0.15, -0.1) is 5.10 Å². The number of aromatic nitrogens is 3. The lowest BCUT2D eigenvalue weighted by atomic mass is 10.1. The maximum absolute atomic E-state index is 14.1. The van der Waals surface area contributed by atoms with Crippen molar-refractivity contribution in [2.45, 2.75) is 6.54 Å². The summed E-state index contributed by atoms with van der Waals surface area (Å²) in [5.41, 5.74) is 2.18. The molecule has 3 aromatic rings. The minimum absolute atomic E-state index is 0.206. The van der Waals surface area contributed by atoms with Crippen LogP contribution < -0.4 is 15.5 Å². The Morgan fingerprint density at radius 3 is 2.79 bits per heavy atom. The Morgan fingerprint density at radius 1 is 1.18 bits per heavy atom. The fourth-order valence-corrected chi connectivity index (χ4v) is 3.20. The molecule has 3 heterocycles. The molecule has 8 nitrogen and oxygen atoms in total. The third-order valence-electron chi connectivity index (χ3n) is 4.73. The summed E-state index contributed by atoms with van der Waals surface area (Å²) in [6.07, 6.45) is 1.75. The van der Waals surface area contributed by atoms with Gasteiger partial charge in [0, 0.05) is 44.6 Å². The Hall–Kier alpha value is -3.20. The van der Waals surface area contributed by atoms with Gasteiger partial charge in [-0.25, -0.2) is 13.7 Å². The first-order valence-corrected chi connectivity index (χ1v) is 9.16. The molecule has 1 aromatic carbocycles. The van der Waals surface area contributed by atoms with E-state index < -0.39 is 6.03 Å². The van der Waals surface area contributed by atoms with Gasteiger partial charge in [0.15, 0.2) is 5.65 Å². The highest BCUT2D eigenvalue weighted by Gasteiger charge is 2.16. The zero-order valence-corrected chi connectivity index (χ0v) is 15.6. The minimum Gasteiger partial charge on any atom is -0.369 e. The number of fused-ring (bicyclic) bond motifs is 1. The molecular formula is C19H22FN7O. The summed E-state index contributed by atoms with van der Waals surface area (Å²) in [5, 5.41) is 9.49. The summed E-state index contributed by atoms with van der Waals surface area (Å²) in [4.78, 5) is 20.8. The molecule has 0 saturated carbocycles. The maximum Gasteiger partial charge on any atom is 0.321 e. The highest BCUT2D eigenvalue weighted by molar-refractivity contribution is 5.87. The smallest absolute Gasteiger partial charge is 0.321 e. The van der Waals surface area contributed by atoms with Gasteiger partial charge in [0.1, 0.15) is 5.82 Å². The number of hydrogen-bond acceptors (Lipinski definition) is 5. The van der Waals surface area contributed by atoms with Crippen molar-refractivity contribution in [1.82, 2.24) is 24.8 Å². The minimum atomic E-state index is -0.443. The number of carbonyl (C=O) groups excluding carboxylic acids is 1. The standard InChI is InChI=1S/C19H22FN7O/c1-25-6-8-26(9-7-25)16-11-14(10-15(20)12-16)13-21-19(28)23-18-22-17-4-2-3-5-27(17)24-18/h2-5,10-12H,6-9,13H2,1H3,(H2,21,23,24,28). The van der Waals surface area contributed by atoms with E-state index in [0.717, 1.165) is 31.9 Å². The lowest BCUT2D eigenvalue weighted by Gasteiger charge is -2.34. The number of amides is 2. The molecule has 0 radical (unpaired) electrons. The number of pyridine rings is 1. The third kappa shape index (κ3) is 4.20. The van der Waals surface area contributed by atoms with Crippen LogP contribution in [0.5, 0.6) is 0 Å². The van der Waals surface area contributed by atoms with Gasteiger partial charge < -0.3 is 15.1 Å². The Morgan fingerprint density at radius 2 is 2.00 bits per heavy atom. The first-order chi connectivity index (χ1) is 13.6. The summed E-state index contributed by atoms with van der Waals surface area (Å²) in [6.45, 7) is 3.80. The number of urea groups is 1. The van der Waals surface area contributed by atoms with E-state index >= 15 is 0 Å². The summed E-state index contributed by atoms with van der Waals surface area (Å²) < 4.78 is 15.6. The summed E-state index contributed by atoms with van der Waals surface area (Å²) in [5.74, 6) is -0.100. The average molecular weight is 383 g/mol. The van der Waals surface area contributed by atoms with Gasteiger partial charge in [0.25, 0.3) is 5.95 Å². The second-order valence-corrected chi connectivity index (χ2v) is 6.85. The number of nitrogens with zero attached hydrogens (tertiary/aromatic N) is 5. The van der Waals surface area contributed by atoms with Crippen LogP contribution in [0.4, 0.5) is 20.8 Å². The quantitative estimate of drug-likeness (QED) is 0.720. The van der Waals surface area contributed by atoms with E-state index in [1.807, 2.05) is 18.2 Å². The monoisotopic (exact) mass is 383 g/mol. The molecule has 1 fully saturated rings. The molecule has 1 aliphatic rings. The van der Waals surface area contributed by atoms with Crippen LogP contribution in [0.2, 0.25) is 0 Å². The molecule has 2 N–H and O–H groups in total. The van der Waals surface area contributed by atoms with Crippen LogP contribution in [0.15, 0.2) is 42.6 Å². The second kappa shape index (κ2) is 7.81. The van der Waals surface area contributed by atoms with Gasteiger partial charge in [-0.1, -0.05) is 6.07 Å². The van der Waals surface area contributed by atoms with Gasteiger partial charge in [0.05, 0.1) is 0 Å². The van der Waals surface area contributed by atoms with Crippen LogP contribution in [-0.4, -0.2) is 58.8 Å². The van der Waals surface area contributed by atoms with Gasteiger partial charge in [-0.2, -0.15) is 4.98 Å². The largest absolute Gasteiger partial charge is 0.369 e. The number of piperazine rings is 1. The molecule has 2 aromatic heterocycles. The lowest BCUT2D eigenvalue weighted by Crippen LogP contribution is -2.44. The van der Waals surface area contributed by atoms with Crippen LogP contribution >= 0.6 is 0 Å². The molecule has 0 spiro atoms. The number of anilines is 2. The zero-order chi connectivity index (χ0) is 19.5. The number of carbonyl (C=O) groups is 1. The number of rotatable bonds is 4. The molecule has 0 unspecified atom stereocenters. The highest BCUT2D eigenvalue weighted by atomic mass is 19.1. The summed E-state index contributed by atoms with van der Waals surface area (Å²) >= 11 is 0. The van der Waals surface area contributed by atoms with E-state index in [4.69, 9.17) is 0 Å². The van der Waals surface area contributed by atoms with Gasteiger partial charge in [-0.05, 0) is 42.9 Å². The van der Waals surface area contributed by atoms with Crippen LogP contribution in [0.3, 0.4) is 0 Å². The fraction of sp³-hybridized carbons (Fsp3) is 0.316.